The first-order valence-corrected chi connectivity index (χ1v) is 6.81. The number of carbonyl (C=O) groups excluding carboxylic acids is 1. The zero-order valence-corrected chi connectivity index (χ0v) is 12.2. The lowest BCUT2D eigenvalue weighted by Gasteiger charge is -2.31. The molecule has 0 fully saturated rings. The molecular formula is C14H26N2O2. The van der Waals surface area contributed by atoms with Crippen LogP contribution in [0.25, 0.3) is 0 Å². The fraction of sp³-hybridized carbons (Fsp3) is 0.857. The quantitative estimate of drug-likeness (QED) is 0.635. The highest BCUT2D eigenvalue weighted by atomic mass is 16.5. The third-order valence-electron chi connectivity index (χ3n) is 3.21. The average molecular weight is 254 g/mol. The van der Waals surface area contributed by atoms with Gasteiger partial charge in [-0.15, -0.1) is 0 Å². The summed E-state index contributed by atoms with van der Waals surface area (Å²) in [6, 6.07) is 2.28. The van der Waals surface area contributed by atoms with Crippen molar-refractivity contribution in [2.24, 2.45) is 5.41 Å². The van der Waals surface area contributed by atoms with Crippen LogP contribution < -0.4 is 0 Å². The Morgan fingerprint density at radius 3 is 2.17 bits per heavy atom. The molecule has 0 bridgehead atoms. The summed E-state index contributed by atoms with van der Waals surface area (Å²) >= 11 is 0. The van der Waals surface area contributed by atoms with E-state index in [0.717, 1.165) is 12.8 Å². The van der Waals surface area contributed by atoms with Gasteiger partial charge in [-0.3, -0.25) is 4.79 Å². The minimum atomic E-state index is -0.840. The Morgan fingerprint density at radius 1 is 1.28 bits per heavy atom. The third kappa shape index (κ3) is 4.30. The lowest BCUT2D eigenvalue weighted by atomic mass is 9.79. The summed E-state index contributed by atoms with van der Waals surface area (Å²) in [4.78, 5) is 14.3. The van der Waals surface area contributed by atoms with E-state index in [-0.39, 0.29) is 5.91 Å². The Kier molecular flexibility index (Phi) is 8.40. The molecule has 0 spiro atoms. The molecule has 0 aliphatic heterocycles. The molecule has 104 valence electrons. The number of methoxy groups -OCH3 is 1. The first kappa shape index (κ1) is 16.9. The fourth-order valence-electron chi connectivity index (χ4n) is 2.26. The van der Waals surface area contributed by atoms with Crippen LogP contribution in [0.4, 0.5) is 0 Å². The van der Waals surface area contributed by atoms with Crippen LogP contribution in [0.2, 0.25) is 0 Å². The number of rotatable bonds is 9. The van der Waals surface area contributed by atoms with Crippen molar-refractivity contribution in [2.75, 3.05) is 26.8 Å². The highest BCUT2D eigenvalue weighted by molar-refractivity contribution is 5.85. The summed E-state index contributed by atoms with van der Waals surface area (Å²) in [6.07, 6.45) is 2.97. The summed E-state index contributed by atoms with van der Waals surface area (Å²) in [6.45, 7) is 7.66. The molecule has 0 aromatic heterocycles. The van der Waals surface area contributed by atoms with E-state index in [1.165, 1.54) is 0 Å². The van der Waals surface area contributed by atoms with Crippen LogP contribution in [0.1, 0.15) is 46.5 Å². The van der Waals surface area contributed by atoms with Gasteiger partial charge in [-0.25, -0.2) is 0 Å². The Hall–Kier alpha value is -1.08. The van der Waals surface area contributed by atoms with Gasteiger partial charge < -0.3 is 9.64 Å². The van der Waals surface area contributed by atoms with E-state index in [1.807, 2.05) is 20.8 Å². The van der Waals surface area contributed by atoms with Crippen LogP contribution in [0.3, 0.4) is 0 Å². The Bertz CT molecular complexity index is 278. The Morgan fingerprint density at radius 2 is 1.83 bits per heavy atom. The summed E-state index contributed by atoms with van der Waals surface area (Å²) < 4.78 is 5.01. The number of hydrogen-bond acceptors (Lipinski definition) is 3. The minimum absolute atomic E-state index is 0.0340. The number of likely N-dealkylation sites (N-methyl/N-ethyl adjacent to an activating group) is 1. The van der Waals surface area contributed by atoms with Gasteiger partial charge in [0.25, 0.3) is 0 Å². The maximum Gasteiger partial charge on any atom is 0.243 e. The molecule has 0 saturated heterocycles. The Balaban J connectivity index is 4.96. The van der Waals surface area contributed by atoms with Crippen LogP contribution in [-0.4, -0.2) is 37.6 Å². The van der Waals surface area contributed by atoms with Gasteiger partial charge in [-0.05, 0) is 19.8 Å². The maximum absolute atomic E-state index is 12.6. The van der Waals surface area contributed by atoms with E-state index in [0.29, 0.717) is 32.5 Å². The number of nitriles is 1. The minimum Gasteiger partial charge on any atom is -0.383 e. The molecule has 0 saturated carbocycles. The number of nitrogens with zero attached hydrogens (tertiary/aromatic N) is 2. The van der Waals surface area contributed by atoms with Gasteiger partial charge >= 0.3 is 0 Å². The topological polar surface area (TPSA) is 53.3 Å². The predicted molar refractivity (Wildman–Crippen MR) is 72.0 cm³/mol. The van der Waals surface area contributed by atoms with Gasteiger partial charge in [0.1, 0.15) is 5.41 Å². The Labute approximate surface area is 111 Å². The lowest BCUT2D eigenvalue weighted by Crippen LogP contribution is -2.44. The van der Waals surface area contributed by atoms with E-state index in [9.17, 15) is 10.1 Å². The van der Waals surface area contributed by atoms with Gasteiger partial charge in [-0.1, -0.05) is 26.7 Å². The van der Waals surface area contributed by atoms with Crippen molar-refractivity contribution in [2.45, 2.75) is 46.5 Å². The van der Waals surface area contributed by atoms with Crippen LogP contribution in [0.15, 0.2) is 0 Å². The molecule has 0 aliphatic carbocycles. The van der Waals surface area contributed by atoms with Crippen LogP contribution in [-0.2, 0) is 9.53 Å². The SMILES string of the molecule is CCCC(C#N)(CCC)C(=O)N(CC)CCOC. The molecule has 0 aromatic carbocycles. The summed E-state index contributed by atoms with van der Waals surface area (Å²) in [5.74, 6) is -0.0340. The molecule has 0 rings (SSSR count). The van der Waals surface area contributed by atoms with Crippen molar-refractivity contribution in [3.63, 3.8) is 0 Å². The van der Waals surface area contributed by atoms with Crippen molar-refractivity contribution < 1.29 is 9.53 Å². The maximum atomic E-state index is 12.6. The highest BCUT2D eigenvalue weighted by Crippen LogP contribution is 2.31. The van der Waals surface area contributed by atoms with E-state index in [1.54, 1.807) is 12.0 Å². The molecule has 4 heteroatoms. The summed E-state index contributed by atoms with van der Waals surface area (Å²) in [5, 5.41) is 9.45. The number of carbonyl (C=O) groups is 1. The van der Waals surface area contributed by atoms with Crippen molar-refractivity contribution in [3.8, 4) is 6.07 Å². The molecule has 0 aromatic rings. The van der Waals surface area contributed by atoms with E-state index in [4.69, 9.17) is 4.74 Å². The number of amides is 1. The summed E-state index contributed by atoms with van der Waals surface area (Å²) in [5.41, 5.74) is -0.840. The van der Waals surface area contributed by atoms with E-state index in [2.05, 4.69) is 6.07 Å². The van der Waals surface area contributed by atoms with Crippen molar-refractivity contribution >= 4 is 5.91 Å². The largest absolute Gasteiger partial charge is 0.383 e. The molecular weight excluding hydrogens is 228 g/mol. The van der Waals surface area contributed by atoms with Crippen LogP contribution >= 0.6 is 0 Å². The second kappa shape index (κ2) is 8.93. The van der Waals surface area contributed by atoms with Crippen molar-refractivity contribution in [3.05, 3.63) is 0 Å². The first-order valence-electron chi connectivity index (χ1n) is 6.81. The number of hydrogen-bond donors (Lipinski definition) is 0. The lowest BCUT2D eigenvalue weighted by molar-refractivity contribution is -0.140. The smallest absolute Gasteiger partial charge is 0.243 e. The zero-order valence-electron chi connectivity index (χ0n) is 12.2. The van der Waals surface area contributed by atoms with Crippen LogP contribution in [0, 0.1) is 16.7 Å². The summed E-state index contributed by atoms with van der Waals surface area (Å²) in [7, 11) is 1.62. The fourth-order valence-corrected chi connectivity index (χ4v) is 2.26. The zero-order chi connectivity index (χ0) is 14.0. The molecule has 0 radical (unpaired) electrons. The third-order valence-corrected chi connectivity index (χ3v) is 3.21. The molecule has 4 nitrogen and oxygen atoms in total. The average Bonchev–Trinajstić information content (AvgIpc) is 2.39. The van der Waals surface area contributed by atoms with Gasteiger partial charge in [-0.2, -0.15) is 5.26 Å². The molecule has 0 atom stereocenters. The first-order chi connectivity index (χ1) is 8.61. The van der Waals surface area contributed by atoms with Crippen molar-refractivity contribution in [1.82, 2.24) is 4.90 Å². The predicted octanol–water partition coefficient (Wildman–Crippen LogP) is 2.59. The molecule has 1 amide bonds. The molecule has 0 heterocycles. The van der Waals surface area contributed by atoms with Gasteiger partial charge in [0, 0.05) is 20.2 Å². The second-order valence-corrected chi connectivity index (χ2v) is 4.57. The van der Waals surface area contributed by atoms with Gasteiger partial charge in [0.05, 0.1) is 12.7 Å². The van der Waals surface area contributed by atoms with Crippen molar-refractivity contribution in [1.29, 1.82) is 5.26 Å². The standard InChI is InChI=1S/C14H26N2O2/c1-5-8-14(12-15,9-6-2)13(17)16(7-3)10-11-18-4/h5-11H2,1-4H3. The highest BCUT2D eigenvalue weighted by Gasteiger charge is 2.39. The van der Waals surface area contributed by atoms with E-state index < -0.39 is 5.41 Å². The van der Waals surface area contributed by atoms with Gasteiger partial charge in [0.15, 0.2) is 0 Å². The van der Waals surface area contributed by atoms with Crippen LogP contribution in [0.5, 0.6) is 0 Å². The second-order valence-electron chi connectivity index (χ2n) is 4.57. The monoisotopic (exact) mass is 254 g/mol. The van der Waals surface area contributed by atoms with E-state index >= 15 is 0 Å². The van der Waals surface area contributed by atoms with Gasteiger partial charge in [0.2, 0.25) is 5.91 Å². The normalized spacial score (nSPS) is 11.1. The molecule has 0 unspecified atom stereocenters. The molecule has 0 N–H and O–H groups in total. The molecule has 18 heavy (non-hydrogen) atoms. The number of ether oxygens (including phenoxy) is 1. The molecule has 0 aliphatic rings.